The summed E-state index contributed by atoms with van der Waals surface area (Å²) in [7, 11) is 3.16. The number of hydrogen-bond acceptors (Lipinski definition) is 3. The van der Waals surface area contributed by atoms with E-state index in [-0.39, 0.29) is 11.3 Å². The van der Waals surface area contributed by atoms with E-state index in [0.29, 0.717) is 23.6 Å². The predicted octanol–water partition coefficient (Wildman–Crippen LogP) is 3.08. The predicted molar refractivity (Wildman–Crippen MR) is 72.2 cm³/mol. The molecule has 0 saturated heterocycles. The number of nitrogens with one attached hydrogen (secondary N) is 1. The maximum Gasteiger partial charge on any atom is 0.225 e. The van der Waals surface area contributed by atoms with Crippen molar-refractivity contribution in [1.82, 2.24) is 0 Å². The van der Waals surface area contributed by atoms with Crippen molar-refractivity contribution < 1.29 is 14.3 Å². The number of carbonyl (C=O) groups is 1. The van der Waals surface area contributed by atoms with E-state index in [0.717, 1.165) is 0 Å². The van der Waals surface area contributed by atoms with Crippen molar-refractivity contribution in [2.24, 2.45) is 5.41 Å². The third kappa shape index (κ3) is 4.28. The lowest BCUT2D eigenvalue weighted by molar-refractivity contribution is -0.117. The third-order valence-electron chi connectivity index (χ3n) is 2.37. The molecule has 0 saturated carbocycles. The Balaban J connectivity index is 2.85. The van der Waals surface area contributed by atoms with Crippen LogP contribution >= 0.6 is 0 Å². The molecule has 100 valence electrons. The molecule has 0 aliphatic heterocycles. The van der Waals surface area contributed by atoms with E-state index in [4.69, 9.17) is 9.47 Å². The van der Waals surface area contributed by atoms with Crippen LogP contribution in [0.25, 0.3) is 0 Å². The minimum atomic E-state index is -0.0455. The van der Waals surface area contributed by atoms with Crippen LogP contribution in [0.1, 0.15) is 27.2 Å². The highest BCUT2D eigenvalue weighted by atomic mass is 16.5. The van der Waals surface area contributed by atoms with E-state index >= 15 is 0 Å². The highest BCUT2D eigenvalue weighted by Gasteiger charge is 2.17. The standard InChI is InChI=1S/C14H21NO3/c1-14(2,3)9-13(16)15-11-8-10(17-4)6-7-12(11)18-5/h6-8H,9H2,1-5H3,(H,15,16). The summed E-state index contributed by atoms with van der Waals surface area (Å²) in [4.78, 5) is 11.9. The second-order valence-corrected chi connectivity index (χ2v) is 5.35. The molecule has 4 nitrogen and oxygen atoms in total. The normalized spacial score (nSPS) is 10.9. The van der Waals surface area contributed by atoms with Crippen LogP contribution in [-0.2, 0) is 4.79 Å². The van der Waals surface area contributed by atoms with Gasteiger partial charge in [0.05, 0.1) is 19.9 Å². The van der Waals surface area contributed by atoms with Gasteiger partial charge in [0, 0.05) is 12.5 Å². The molecule has 4 heteroatoms. The van der Waals surface area contributed by atoms with Crippen molar-refractivity contribution in [1.29, 1.82) is 0 Å². The lowest BCUT2D eigenvalue weighted by Crippen LogP contribution is -2.20. The summed E-state index contributed by atoms with van der Waals surface area (Å²) in [6.45, 7) is 6.07. The van der Waals surface area contributed by atoms with Crippen LogP contribution in [0.5, 0.6) is 11.5 Å². The van der Waals surface area contributed by atoms with Gasteiger partial charge in [0.1, 0.15) is 11.5 Å². The first-order chi connectivity index (χ1) is 8.35. The molecule has 1 aromatic rings. The van der Waals surface area contributed by atoms with Crippen molar-refractivity contribution >= 4 is 11.6 Å². The summed E-state index contributed by atoms with van der Waals surface area (Å²) in [5.74, 6) is 1.27. The van der Waals surface area contributed by atoms with Crippen LogP contribution in [0.3, 0.4) is 0 Å². The molecule has 0 bridgehead atoms. The van der Waals surface area contributed by atoms with Gasteiger partial charge in [-0.15, -0.1) is 0 Å². The van der Waals surface area contributed by atoms with Crippen molar-refractivity contribution in [2.45, 2.75) is 27.2 Å². The van der Waals surface area contributed by atoms with Gasteiger partial charge in [0.15, 0.2) is 0 Å². The Morgan fingerprint density at radius 3 is 2.39 bits per heavy atom. The Morgan fingerprint density at radius 1 is 1.22 bits per heavy atom. The van der Waals surface area contributed by atoms with Crippen LogP contribution in [-0.4, -0.2) is 20.1 Å². The molecular formula is C14H21NO3. The van der Waals surface area contributed by atoms with E-state index in [1.54, 1.807) is 32.4 Å². The number of ether oxygens (including phenoxy) is 2. The van der Waals surface area contributed by atoms with Crippen molar-refractivity contribution in [3.63, 3.8) is 0 Å². The van der Waals surface area contributed by atoms with Gasteiger partial charge in [-0.05, 0) is 17.5 Å². The van der Waals surface area contributed by atoms with Crippen LogP contribution < -0.4 is 14.8 Å². The minimum absolute atomic E-state index is 0.0333. The molecule has 0 unspecified atom stereocenters. The Bertz CT molecular complexity index is 422. The fourth-order valence-corrected chi connectivity index (χ4v) is 1.59. The molecule has 0 fully saturated rings. The van der Waals surface area contributed by atoms with Gasteiger partial charge in [-0.25, -0.2) is 0 Å². The maximum atomic E-state index is 11.9. The molecule has 1 rings (SSSR count). The number of amides is 1. The van der Waals surface area contributed by atoms with Crippen molar-refractivity contribution in [2.75, 3.05) is 19.5 Å². The topological polar surface area (TPSA) is 47.6 Å². The molecule has 0 radical (unpaired) electrons. The summed E-state index contributed by atoms with van der Waals surface area (Å²) in [5, 5.41) is 2.85. The smallest absolute Gasteiger partial charge is 0.225 e. The lowest BCUT2D eigenvalue weighted by Gasteiger charge is -2.18. The van der Waals surface area contributed by atoms with Crippen molar-refractivity contribution in [3.05, 3.63) is 18.2 Å². The number of methoxy groups -OCH3 is 2. The molecule has 0 aromatic heterocycles. The molecule has 0 atom stereocenters. The van der Waals surface area contributed by atoms with Crippen molar-refractivity contribution in [3.8, 4) is 11.5 Å². The van der Waals surface area contributed by atoms with Crippen LogP contribution in [0.15, 0.2) is 18.2 Å². The molecule has 0 aliphatic carbocycles. The molecule has 0 spiro atoms. The summed E-state index contributed by atoms with van der Waals surface area (Å²) < 4.78 is 10.3. The number of hydrogen-bond donors (Lipinski definition) is 1. The van der Waals surface area contributed by atoms with E-state index in [9.17, 15) is 4.79 Å². The quantitative estimate of drug-likeness (QED) is 0.894. The SMILES string of the molecule is COc1ccc(OC)c(NC(=O)CC(C)(C)C)c1. The second kappa shape index (κ2) is 5.76. The number of benzene rings is 1. The Kier molecular flexibility index (Phi) is 4.59. The number of anilines is 1. The number of rotatable bonds is 4. The zero-order valence-corrected chi connectivity index (χ0v) is 11.7. The van der Waals surface area contributed by atoms with E-state index in [1.807, 2.05) is 20.8 Å². The summed E-state index contributed by atoms with van der Waals surface area (Å²) in [5.41, 5.74) is 0.585. The van der Waals surface area contributed by atoms with Gasteiger partial charge < -0.3 is 14.8 Å². The first kappa shape index (κ1) is 14.4. The average Bonchev–Trinajstić information content (AvgIpc) is 2.26. The van der Waals surface area contributed by atoms with Crippen LogP contribution in [0.4, 0.5) is 5.69 Å². The number of carbonyl (C=O) groups excluding carboxylic acids is 1. The van der Waals surface area contributed by atoms with Gasteiger partial charge in [-0.2, -0.15) is 0 Å². The Hall–Kier alpha value is -1.71. The summed E-state index contributed by atoms with van der Waals surface area (Å²) in [6, 6.07) is 5.31. The molecule has 1 N–H and O–H groups in total. The average molecular weight is 251 g/mol. The fraction of sp³-hybridized carbons (Fsp3) is 0.500. The highest BCUT2D eigenvalue weighted by Crippen LogP contribution is 2.29. The van der Waals surface area contributed by atoms with Gasteiger partial charge >= 0.3 is 0 Å². The molecule has 18 heavy (non-hydrogen) atoms. The van der Waals surface area contributed by atoms with Gasteiger partial charge in [-0.1, -0.05) is 20.8 Å². The van der Waals surface area contributed by atoms with Crippen LogP contribution in [0.2, 0.25) is 0 Å². The molecule has 1 amide bonds. The van der Waals surface area contributed by atoms with Crippen LogP contribution in [0, 0.1) is 5.41 Å². The Labute approximate surface area is 108 Å². The first-order valence-electron chi connectivity index (χ1n) is 5.87. The molecule has 0 aliphatic rings. The van der Waals surface area contributed by atoms with E-state index in [1.165, 1.54) is 0 Å². The zero-order chi connectivity index (χ0) is 13.8. The van der Waals surface area contributed by atoms with E-state index in [2.05, 4.69) is 5.32 Å². The minimum Gasteiger partial charge on any atom is -0.497 e. The summed E-state index contributed by atoms with van der Waals surface area (Å²) in [6.07, 6.45) is 0.452. The maximum absolute atomic E-state index is 11.9. The third-order valence-corrected chi connectivity index (χ3v) is 2.37. The lowest BCUT2D eigenvalue weighted by atomic mass is 9.92. The first-order valence-corrected chi connectivity index (χ1v) is 5.87. The van der Waals surface area contributed by atoms with Gasteiger partial charge in [0.2, 0.25) is 5.91 Å². The molecular weight excluding hydrogens is 230 g/mol. The second-order valence-electron chi connectivity index (χ2n) is 5.35. The van der Waals surface area contributed by atoms with Gasteiger partial charge in [-0.3, -0.25) is 4.79 Å². The van der Waals surface area contributed by atoms with Gasteiger partial charge in [0.25, 0.3) is 0 Å². The Morgan fingerprint density at radius 2 is 1.89 bits per heavy atom. The summed E-state index contributed by atoms with van der Waals surface area (Å²) >= 11 is 0. The fourth-order valence-electron chi connectivity index (χ4n) is 1.59. The monoisotopic (exact) mass is 251 g/mol. The molecule has 1 aromatic carbocycles. The largest absolute Gasteiger partial charge is 0.497 e. The zero-order valence-electron chi connectivity index (χ0n) is 11.7. The molecule has 0 heterocycles. The van der Waals surface area contributed by atoms with E-state index < -0.39 is 0 Å². The highest BCUT2D eigenvalue weighted by molar-refractivity contribution is 5.92.